The molecule has 1 aromatic rings. The highest BCUT2D eigenvalue weighted by atomic mass is 79.9. The Morgan fingerprint density at radius 2 is 1.94 bits per heavy atom. The monoisotopic (exact) mass is 291 g/mol. The molecule has 16 heavy (non-hydrogen) atoms. The molecule has 0 aromatic heterocycles. The minimum Gasteiger partial charge on any atom is -0.391 e. The second-order valence-corrected chi connectivity index (χ2v) is 4.50. The van der Waals surface area contributed by atoms with Crippen molar-refractivity contribution in [3.63, 3.8) is 0 Å². The molecule has 1 saturated heterocycles. The summed E-state index contributed by atoms with van der Waals surface area (Å²) in [4.78, 5) is 12.3. The van der Waals surface area contributed by atoms with Crippen molar-refractivity contribution in [1.29, 1.82) is 0 Å². The molecule has 1 heterocycles. The van der Waals surface area contributed by atoms with Gasteiger partial charge in [-0.2, -0.15) is 0 Å². The lowest BCUT2D eigenvalue weighted by Gasteiger charge is -2.17. The maximum Gasteiger partial charge on any atom is 0.229 e. The number of benzene rings is 1. The number of hydrogen-bond donors (Lipinski definition) is 1. The Hall–Kier alpha value is -1.01. The summed E-state index contributed by atoms with van der Waals surface area (Å²) in [6, 6.07) is 2.16. The van der Waals surface area contributed by atoms with Gasteiger partial charge in [0.25, 0.3) is 0 Å². The van der Waals surface area contributed by atoms with Gasteiger partial charge in [0.05, 0.1) is 19.1 Å². The zero-order valence-electron chi connectivity index (χ0n) is 8.08. The Labute approximate surface area is 98.8 Å². The van der Waals surface area contributed by atoms with Crippen molar-refractivity contribution < 1.29 is 18.7 Å². The molecule has 86 valence electrons. The number of carbonyl (C=O) groups is 1. The molecule has 0 spiro atoms. The second-order valence-electron chi connectivity index (χ2n) is 3.58. The van der Waals surface area contributed by atoms with Crippen LogP contribution in [-0.4, -0.2) is 23.7 Å². The number of carbonyl (C=O) groups excluding carboxylic acids is 1. The van der Waals surface area contributed by atoms with E-state index in [1.54, 1.807) is 0 Å². The van der Waals surface area contributed by atoms with Crippen LogP contribution in [0.4, 0.5) is 14.5 Å². The van der Waals surface area contributed by atoms with Crippen molar-refractivity contribution in [3.8, 4) is 0 Å². The highest BCUT2D eigenvalue weighted by Gasteiger charge is 2.32. The fraction of sp³-hybridized carbons (Fsp3) is 0.300. The highest BCUT2D eigenvalue weighted by Crippen LogP contribution is 2.30. The Kier molecular flexibility index (Phi) is 2.94. The van der Waals surface area contributed by atoms with E-state index in [0.29, 0.717) is 0 Å². The number of hydrogen-bond acceptors (Lipinski definition) is 2. The predicted octanol–water partition coefficient (Wildman–Crippen LogP) is 1.82. The predicted molar refractivity (Wildman–Crippen MR) is 57.0 cm³/mol. The molecule has 3 nitrogen and oxygen atoms in total. The van der Waals surface area contributed by atoms with Crippen LogP contribution >= 0.6 is 15.9 Å². The largest absolute Gasteiger partial charge is 0.391 e. The molecule has 1 aliphatic heterocycles. The number of halogens is 3. The summed E-state index contributed by atoms with van der Waals surface area (Å²) in [6.45, 7) is -0.0751. The number of nitrogens with zero attached hydrogens (tertiary/aromatic N) is 1. The van der Waals surface area contributed by atoms with Crippen LogP contribution in [0.3, 0.4) is 0 Å². The smallest absolute Gasteiger partial charge is 0.229 e. The lowest BCUT2D eigenvalue weighted by atomic mass is 10.2. The molecular weight excluding hydrogens is 284 g/mol. The van der Waals surface area contributed by atoms with Crippen LogP contribution < -0.4 is 4.90 Å². The number of β-amino-alcohol motifs (C(OH)–C–C–N with tert-alkyl or cyclic N) is 1. The summed E-state index contributed by atoms with van der Waals surface area (Å²) in [5, 5.41) is 9.25. The summed E-state index contributed by atoms with van der Waals surface area (Å²) in [7, 11) is 0. The molecule has 0 radical (unpaired) electrons. The van der Waals surface area contributed by atoms with Gasteiger partial charge in [-0.3, -0.25) is 4.79 Å². The summed E-state index contributed by atoms with van der Waals surface area (Å²) in [6.07, 6.45) is -0.968. The number of aliphatic hydroxyl groups is 1. The van der Waals surface area contributed by atoms with Gasteiger partial charge in [0.15, 0.2) is 11.6 Å². The Morgan fingerprint density at radius 3 is 2.38 bits per heavy atom. The molecule has 1 aliphatic rings. The number of aliphatic hydroxyl groups excluding tert-OH is 1. The maximum atomic E-state index is 13.5. The average Bonchev–Trinajstić information content (AvgIpc) is 2.43. The van der Waals surface area contributed by atoms with Gasteiger partial charge in [-0.15, -0.1) is 0 Å². The number of rotatable bonds is 1. The van der Waals surface area contributed by atoms with Crippen LogP contribution in [0.5, 0.6) is 0 Å². The van der Waals surface area contributed by atoms with Crippen molar-refractivity contribution in [1.82, 2.24) is 0 Å². The number of anilines is 1. The Bertz CT molecular complexity index is 429. The van der Waals surface area contributed by atoms with E-state index in [1.165, 1.54) is 0 Å². The van der Waals surface area contributed by atoms with Gasteiger partial charge in [0.2, 0.25) is 5.91 Å². The molecule has 1 atom stereocenters. The van der Waals surface area contributed by atoms with E-state index >= 15 is 0 Å². The first-order valence-electron chi connectivity index (χ1n) is 4.62. The third kappa shape index (κ3) is 1.94. The van der Waals surface area contributed by atoms with Crippen LogP contribution in [0.25, 0.3) is 0 Å². The quantitative estimate of drug-likeness (QED) is 0.858. The molecular formula is C10H8BrF2NO2. The van der Waals surface area contributed by atoms with Gasteiger partial charge in [0.1, 0.15) is 5.69 Å². The van der Waals surface area contributed by atoms with Gasteiger partial charge in [-0.1, -0.05) is 15.9 Å². The van der Waals surface area contributed by atoms with E-state index in [0.717, 1.165) is 17.0 Å². The third-order valence-corrected chi connectivity index (χ3v) is 2.81. The van der Waals surface area contributed by atoms with Crippen LogP contribution in [0, 0.1) is 11.6 Å². The van der Waals surface area contributed by atoms with E-state index < -0.39 is 29.3 Å². The molecule has 1 amide bonds. The van der Waals surface area contributed by atoms with Crippen molar-refractivity contribution >= 4 is 27.5 Å². The van der Waals surface area contributed by atoms with Gasteiger partial charge in [0, 0.05) is 4.47 Å². The Balaban J connectivity index is 2.44. The summed E-state index contributed by atoms with van der Waals surface area (Å²) in [5.41, 5.74) is -0.398. The maximum absolute atomic E-state index is 13.5. The standard InChI is InChI=1S/C10H8BrF2NO2/c11-5-1-7(12)10(8(13)2-5)14-4-6(15)3-9(14)16/h1-2,6,15H,3-4H2. The van der Waals surface area contributed by atoms with Crippen molar-refractivity contribution in [2.75, 3.05) is 11.4 Å². The number of amides is 1. The molecule has 1 fully saturated rings. The van der Waals surface area contributed by atoms with Gasteiger partial charge >= 0.3 is 0 Å². The normalized spacial score (nSPS) is 20.6. The first-order valence-corrected chi connectivity index (χ1v) is 5.41. The van der Waals surface area contributed by atoms with E-state index in [2.05, 4.69) is 15.9 Å². The van der Waals surface area contributed by atoms with Crippen molar-refractivity contribution in [3.05, 3.63) is 28.2 Å². The average molecular weight is 292 g/mol. The summed E-state index contributed by atoms with van der Waals surface area (Å²) < 4.78 is 27.3. The molecule has 0 bridgehead atoms. The second kappa shape index (κ2) is 4.10. The highest BCUT2D eigenvalue weighted by molar-refractivity contribution is 9.10. The fourth-order valence-corrected chi connectivity index (χ4v) is 2.10. The minimum atomic E-state index is -0.866. The van der Waals surface area contributed by atoms with E-state index in [1.807, 2.05) is 0 Å². The molecule has 1 unspecified atom stereocenters. The Morgan fingerprint density at radius 1 is 1.38 bits per heavy atom. The summed E-state index contributed by atoms with van der Waals surface area (Å²) in [5.74, 6) is -2.13. The first-order chi connectivity index (χ1) is 7.49. The minimum absolute atomic E-state index is 0.0751. The molecule has 1 aromatic carbocycles. The molecule has 2 rings (SSSR count). The van der Waals surface area contributed by atoms with Gasteiger partial charge in [-0.05, 0) is 12.1 Å². The lowest BCUT2D eigenvalue weighted by molar-refractivity contribution is -0.117. The first kappa shape index (κ1) is 11.5. The zero-order chi connectivity index (χ0) is 11.9. The lowest BCUT2D eigenvalue weighted by Crippen LogP contribution is -2.27. The fourth-order valence-electron chi connectivity index (χ4n) is 1.70. The van der Waals surface area contributed by atoms with E-state index in [9.17, 15) is 18.7 Å². The van der Waals surface area contributed by atoms with Crippen LogP contribution in [-0.2, 0) is 4.79 Å². The van der Waals surface area contributed by atoms with Crippen LogP contribution in [0.1, 0.15) is 6.42 Å². The van der Waals surface area contributed by atoms with Crippen molar-refractivity contribution in [2.45, 2.75) is 12.5 Å². The van der Waals surface area contributed by atoms with Crippen LogP contribution in [0.2, 0.25) is 0 Å². The van der Waals surface area contributed by atoms with Gasteiger partial charge < -0.3 is 10.0 Å². The zero-order valence-corrected chi connectivity index (χ0v) is 9.67. The molecule has 0 aliphatic carbocycles. The topological polar surface area (TPSA) is 40.5 Å². The third-order valence-electron chi connectivity index (χ3n) is 2.36. The SMILES string of the molecule is O=C1CC(O)CN1c1c(F)cc(Br)cc1F. The van der Waals surface area contributed by atoms with E-state index in [4.69, 9.17) is 0 Å². The van der Waals surface area contributed by atoms with Gasteiger partial charge in [-0.25, -0.2) is 8.78 Å². The molecule has 0 saturated carbocycles. The van der Waals surface area contributed by atoms with Crippen LogP contribution in [0.15, 0.2) is 16.6 Å². The van der Waals surface area contributed by atoms with E-state index in [-0.39, 0.29) is 17.4 Å². The van der Waals surface area contributed by atoms with Crippen molar-refractivity contribution in [2.24, 2.45) is 0 Å². The molecule has 6 heteroatoms. The summed E-state index contributed by atoms with van der Waals surface area (Å²) >= 11 is 2.95. The molecule has 1 N–H and O–H groups in total.